The largest absolute Gasteiger partial charge is 0.508 e. The van der Waals surface area contributed by atoms with Crippen LogP contribution >= 0.6 is 0 Å². The number of nitrogens with zero attached hydrogens (tertiary/aromatic N) is 1. The Hall–Kier alpha value is -1.14. The Labute approximate surface area is 145 Å². The second kappa shape index (κ2) is 9.99. The molecule has 5 heteroatoms. The van der Waals surface area contributed by atoms with E-state index in [2.05, 4.69) is 4.90 Å². The molecule has 0 spiro atoms. The molecule has 0 aromatic heterocycles. The molecule has 0 atom stereocenters. The maximum absolute atomic E-state index is 9.78. The maximum atomic E-state index is 9.78. The third-order valence-corrected chi connectivity index (χ3v) is 4.57. The van der Waals surface area contributed by atoms with Crippen LogP contribution in [0.1, 0.15) is 45.1 Å². The van der Waals surface area contributed by atoms with Gasteiger partial charge in [0.1, 0.15) is 5.75 Å². The number of phenols is 1. The van der Waals surface area contributed by atoms with E-state index < -0.39 is 0 Å². The van der Waals surface area contributed by atoms with Crippen LogP contribution in [0.3, 0.4) is 0 Å². The minimum absolute atomic E-state index is 0.168. The van der Waals surface area contributed by atoms with E-state index in [9.17, 15) is 10.2 Å². The number of aliphatic hydroxyl groups is 1. The highest BCUT2D eigenvalue weighted by Gasteiger charge is 2.27. The average molecular weight is 337 g/mol. The Morgan fingerprint density at radius 2 is 1.79 bits per heavy atom. The van der Waals surface area contributed by atoms with Crippen molar-refractivity contribution in [3.8, 4) is 5.75 Å². The first-order chi connectivity index (χ1) is 11.6. The predicted octanol–water partition coefficient (Wildman–Crippen LogP) is 2.90. The molecule has 0 saturated heterocycles. The first kappa shape index (κ1) is 19.2. The van der Waals surface area contributed by atoms with E-state index in [1.807, 2.05) is 26.0 Å². The third kappa shape index (κ3) is 6.06. The van der Waals surface area contributed by atoms with Crippen LogP contribution in [0.5, 0.6) is 5.75 Å². The van der Waals surface area contributed by atoms with Crippen molar-refractivity contribution in [1.29, 1.82) is 0 Å². The first-order valence-corrected chi connectivity index (χ1v) is 9.05. The van der Waals surface area contributed by atoms with Gasteiger partial charge >= 0.3 is 0 Å². The number of benzene rings is 1. The molecule has 1 fully saturated rings. The third-order valence-electron chi connectivity index (χ3n) is 4.57. The van der Waals surface area contributed by atoms with E-state index >= 15 is 0 Å². The van der Waals surface area contributed by atoms with Gasteiger partial charge in [0.15, 0.2) is 6.29 Å². The van der Waals surface area contributed by atoms with Gasteiger partial charge in [-0.2, -0.15) is 0 Å². The van der Waals surface area contributed by atoms with Gasteiger partial charge in [-0.05, 0) is 57.2 Å². The summed E-state index contributed by atoms with van der Waals surface area (Å²) in [5.74, 6) is 0.290. The molecular formula is C19H31NO4. The van der Waals surface area contributed by atoms with Crippen LogP contribution in [0.2, 0.25) is 0 Å². The summed E-state index contributed by atoms with van der Waals surface area (Å²) in [6.45, 7) is 6.62. The lowest BCUT2D eigenvalue weighted by Crippen LogP contribution is -2.44. The number of rotatable bonds is 9. The molecule has 1 aromatic carbocycles. The summed E-state index contributed by atoms with van der Waals surface area (Å²) in [5.41, 5.74) is 1.08. The zero-order valence-electron chi connectivity index (χ0n) is 14.9. The van der Waals surface area contributed by atoms with E-state index in [0.29, 0.717) is 25.8 Å². The molecule has 1 saturated carbocycles. The summed E-state index contributed by atoms with van der Waals surface area (Å²) >= 11 is 0. The highest BCUT2D eigenvalue weighted by molar-refractivity contribution is 5.27. The molecule has 0 heterocycles. The fourth-order valence-electron chi connectivity index (χ4n) is 3.37. The molecule has 24 heavy (non-hydrogen) atoms. The Balaban J connectivity index is 2.07. The van der Waals surface area contributed by atoms with Crippen LogP contribution in [0.15, 0.2) is 24.3 Å². The zero-order valence-corrected chi connectivity index (χ0v) is 14.9. The van der Waals surface area contributed by atoms with Crippen LogP contribution in [0.4, 0.5) is 0 Å². The minimum atomic E-state index is -0.246. The van der Waals surface area contributed by atoms with Gasteiger partial charge in [-0.25, -0.2) is 0 Å². The molecule has 0 radical (unpaired) electrons. The molecule has 2 N–H and O–H groups in total. The second-order valence-electron chi connectivity index (χ2n) is 6.40. The predicted molar refractivity (Wildman–Crippen MR) is 93.8 cm³/mol. The second-order valence-corrected chi connectivity index (χ2v) is 6.40. The van der Waals surface area contributed by atoms with Gasteiger partial charge in [-0.3, -0.25) is 4.90 Å². The summed E-state index contributed by atoms with van der Waals surface area (Å²) < 4.78 is 11.4. The Kier molecular flexibility index (Phi) is 7.99. The van der Waals surface area contributed by atoms with E-state index in [0.717, 1.165) is 37.8 Å². The van der Waals surface area contributed by atoms with Crippen molar-refractivity contribution in [2.45, 2.75) is 64.5 Å². The molecule has 1 aromatic rings. The van der Waals surface area contributed by atoms with Gasteiger partial charge < -0.3 is 19.7 Å². The molecule has 1 aliphatic rings. The summed E-state index contributed by atoms with van der Waals surface area (Å²) in [5, 5.41) is 19.5. The highest BCUT2D eigenvalue weighted by Crippen LogP contribution is 2.26. The van der Waals surface area contributed by atoms with Crippen molar-refractivity contribution in [2.75, 3.05) is 19.8 Å². The quantitative estimate of drug-likeness (QED) is 0.679. The summed E-state index contributed by atoms with van der Waals surface area (Å²) in [4.78, 5) is 2.37. The van der Waals surface area contributed by atoms with E-state index in [1.165, 1.54) is 0 Å². The number of hydrogen-bond donors (Lipinski definition) is 2. The van der Waals surface area contributed by atoms with Gasteiger partial charge in [0.25, 0.3) is 0 Å². The zero-order chi connectivity index (χ0) is 17.4. The monoisotopic (exact) mass is 337 g/mol. The lowest BCUT2D eigenvalue weighted by molar-refractivity contribution is -0.153. The van der Waals surface area contributed by atoms with Crippen molar-refractivity contribution in [2.24, 2.45) is 0 Å². The molecular weight excluding hydrogens is 306 g/mol. The van der Waals surface area contributed by atoms with Crippen LogP contribution in [-0.4, -0.2) is 53.3 Å². The molecule has 0 bridgehead atoms. The SMILES string of the molecule is CCOC(CN(Cc1cccc(O)c1)C1CCC(O)CC1)OCC. The van der Waals surface area contributed by atoms with Crippen molar-refractivity contribution in [1.82, 2.24) is 4.90 Å². The van der Waals surface area contributed by atoms with Crippen LogP contribution in [-0.2, 0) is 16.0 Å². The van der Waals surface area contributed by atoms with E-state index in [-0.39, 0.29) is 18.1 Å². The topological polar surface area (TPSA) is 62.2 Å². The van der Waals surface area contributed by atoms with Crippen molar-refractivity contribution in [3.05, 3.63) is 29.8 Å². The number of aromatic hydroxyl groups is 1. The van der Waals surface area contributed by atoms with Crippen LogP contribution in [0.25, 0.3) is 0 Å². The summed E-state index contributed by atoms with van der Waals surface area (Å²) in [7, 11) is 0. The standard InChI is InChI=1S/C19H31NO4/c1-3-23-19(24-4-2)14-20(16-8-10-17(21)11-9-16)13-15-6-5-7-18(22)12-15/h5-7,12,16-17,19,21-22H,3-4,8-11,13-14H2,1-2H3. The molecule has 2 rings (SSSR count). The molecule has 0 amide bonds. The van der Waals surface area contributed by atoms with Gasteiger partial charge in [-0.15, -0.1) is 0 Å². The number of aliphatic hydroxyl groups excluding tert-OH is 1. The highest BCUT2D eigenvalue weighted by atomic mass is 16.7. The van der Waals surface area contributed by atoms with E-state index in [1.54, 1.807) is 12.1 Å². The number of ether oxygens (including phenoxy) is 2. The lowest BCUT2D eigenvalue weighted by atomic mass is 9.91. The Bertz CT molecular complexity index is 468. The van der Waals surface area contributed by atoms with Crippen molar-refractivity contribution in [3.63, 3.8) is 0 Å². The number of hydrogen-bond acceptors (Lipinski definition) is 5. The van der Waals surface area contributed by atoms with Crippen LogP contribution in [0, 0.1) is 0 Å². The fourth-order valence-corrected chi connectivity index (χ4v) is 3.37. The Morgan fingerprint density at radius 3 is 2.38 bits per heavy atom. The minimum Gasteiger partial charge on any atom is -0.508 e. The first-order valence-electron chi connectivity index (χ1n) is 9.05. The van der Waals surface area contributed by atoms with Crippen molar-refractivity contribution < 1.29 is 19.7 Å². The lowest BCUT2D eigenvalue weighted by Gasteiger charge is -2.37. The van der Waals surface area contributed by atoms with Crippen molar-refractivity contribution >= 4 is 0 Å². The fraction of sp³-hybridized carbons (Fsp3) is 0.684. The molecule has 5 nitrogen and oxygen atoms in total. The van der Waals surface area contributed by atoms with Gasteiger partial charge in [0.05, 0.1) is 12.6 Å². The smallest absolute Gasteiger partial charge is 0.170 e. The average Bonchev–Trinajstić information content (AvgIpc) is 2.55. The summed E-state index contributed by atoms with van der Waals surface area (Å²) in [6, 6.07) is 7.80. The molecule has 0 unspecified atom stereocenters. The molecule has 136 valence electrons. The maximum Gasteiger partial charge on any atom is 0.170 e. The molecule has 0 aliphatic heterocycles. The number of phenolic OH excluding ortho intramolecular Hbond substituents is 1. The van der Waals surface area contributed by atoms with E-state index in [4.69, 9.17) is 9.47 Å². The van der Waals surface area contributed by atoms with Gasteiger partial charge in [0.2, 0.25) is 0 Å². The van der Waals surface area contributed by atoms with Crippen LogP contribution < -0.4 is 0 Å². The molecule has 1 aliphatic carbocycles. The van der Waals surface area contributed by atoms with Gasteiger partial charge in [0, 0.05) is 25.8 Å². The normalized spacial score (nSPS) is 21.5. The Morgan fingerprint density at radius 1 is 1.12 bits per heavy atom. The van der Waals surface area contributed by atoms with Gasteiger partial charge in [-0.1, -0.05) is 12.1 Å². The summed E-state index contributed by atoms with van der Waals surface area (Å²) in [6.07, 6.45) is 3.22.